The van der Waals surface area contributed by atoms with Crippen molar-refractivity contribution in [1.29, 1.82) is 0 Å². The lowest BCUT2D eigenvalue weighted by atomic mass is 10.0. The van der Waals surface area contributed by atoms with Gasteiger partial charge < -0.3 is 15.5 Å². The van der Waals surface area contributed by atoms with E-state index in [1.54, 1.807) is 11.9 Å². The molecule has 4 rings (SSSR count). The van der Waals surface area contributed by atoms with E-state index in [1.807, 2.05) is 84.9 Å². The fourth-order valence-electron chi connectivity index (χ4n) is 3.58. The largest absolute Gasteiger partial charge is 0.338 e. The first-order chi connectivity index (χ1) is 15.1. The van der Waals surface area contributed by atoms with Gasteiger partial charge in [0.15, 0.2) is 0 Å². The number of hydrogen-bond acceptors (Lipinski definition) is 3. The van der Waals surface area contributed by atoms with Gasteiger partial charge in [0.2, 0.25) is 6.17 Å². The number of fused-ring (bicyclic) bond motifs is 1. The molecule has 31 heavy (non-hydrogen) atoms. The van der Waals surface area contributed by atoms with Gasteiger partial charge in [0, 0.05) is 24.7 Å². The van der Waals surface area contributed by atoms with Crippen molar-refractivity contribution < 1.29 is 9.59 Å². The van der Waals surface area contributed by atoms with Crippen LogP contribution in [0.4, 0.5) is 10.5 Å². The second-order valence-electron chi connectivity index (χ2n) is 7.30. The molecule has 0 unspecified atom stereocenters. The molecule has 0 aromatic heterocycles. The van der Waals surface area contributed by atoms with Crippen molar-refractivity contribution in [1.82, 2.24) is 10.6 Å². The minimum absolute atomic E-state index is 0.295. The van der Waals surface area contributed by atoms with Crippen molar-refractivity contribution in [3.8, 4) is 0 Å². The number of nitrogens with zero attached hydrogens (tertiary/aromatic N) is 2. The lowest BCUT2D eigenvalue weighted by molar-refractivity contribution is -0.119. The first-order valence-electron chi connectivity index (χ1n) is 10.2. The molecule has 6 nitrogen and oxygen atoms in total. The van der Waals surface area contributed by atoms with Gasteiger partial charge in [-0.2, -0.15) is 0 Å². The van der Waals surface area contributed by atoms with Crippen LogP contribution in [0.5, 0.6) is 0 Å². The third kappa shape index (κ3) is 4.64. The van der Waals surface area contributed by atoms with Crippen LogP contribution in [0.3, 0.4) is 0 Å². The van der Waals surface area contributed by atoms with Crippen LogP contribution in [0.25, 0.3) is 0 Å². The molecular formula is C25H24N4O2. The average molecular weight is 412 g/mol. The van der Waals surface area contributed by atoms with Crippen LogP contribution in [0, 0.1) is 0 Å². The van der Waals surface area contributed by atoms with E-state index in [1.165, 1.54) is 0 Å². The first kappa shape index (κ1) is 20.3. The molecule has 156 valence electrons. The monoisotopic (exact) mass is 412 g/mol. The topological polar surface area (TPSA) is 73.8 Å². The average Bonchev–Trinajstić information content (AvgIpc) is 2.91. The van der Waals surface area contributed by atoms with Gasteiger partial charge in [-0.05, 0) is 18.1 Å². The predicted octanol–water partition coefficient (Wildman–Crippen LogP) is 3.37. The Bertz CT molecular complexity index is 1100. The Morgan fingerprint density at radius 1 is 0.935 bits per heavy atom. The Kier molecular flexibility index (Phi) is 6.08. The molecule has 0 aliphatic carbocycles. The van der Waals surface area contributed by atoms with Crippen LogP contribution in [0.2, 0.25) is 0 Å². The molecule has 3 amide bonds. The minimum atomic E-state index is -1.02. The number of carbonyl (C=O) groups excluding carboxylic acids is 2. The quantitative estimate of drug-likeness (QED) is 0.674. The third-order valence-corrected chi connectivity index (χ3v) is 5.20. The van der Waals surface area contributed by atoms with Gasteiger partial charge in [0.25, 0.3) is 5.91 Å². The van der Waals surface area contributed by atoms with E-state index < -0.39 is 12.2 Å². The zero-order chi connectivity index (χ0) is 21.6. The number of benzene rings is 3. The molecule has 0 radical (unpaired) electrons. The summed E-state index contributed by atoms with van der Waals surface area (Å²) in [6.07, 6.45) is -0.319. The molecule has 6 heteroatoms. The predicted molar refractivity (Wildman–Crippen MR) is 122 cm³/mol. The number of para-hydroxylation sites is 1. The highest BCUT2D eigenvalue weighted by Crippen LogP contribution is 2.27. The summed E-state index contributed by atoms with van der Waals surface area (Å²) in [6.45, 7) is 0.460. The van der Waals surface area contributed by atoms with Crippen LogP contribution < -0.4 is 15.5 Å². The van der Waals surface area contributed by atoms with Crippen molar-refractivity contribution >= 4 is 23.3 Å². The van der Waals surface area contributed by atoms with Crippen LogP contribution in [-0.2, 0) is 11.2 Å². The number of rotatable bonds is 5. The molecular weight excluding hydrogens is 388 g/mol. The van der Waals surface area contributed by atoms with Crippen molar-refractivity contribution in [2.75, 3.05) is 18.5 Å². The molecule has 0 spiro atoms. The highest BCUT2D eigenvalue weighted by molar-refractivity contribution is 6.20. The second-order valence-corrected chi connectivity index (χ2v) is 7.30. The number of anilines is 1. The number of benzodiazepines with no additional fused rings is 1. The summed E-state index contributed by atoms with van der Waals surface area (Å²) in [5.41, 5.74) is 4.29. The SMILES string of the molecule is CN1C(=O)[C@@H](NC(=O)NCCc2ccccc2)N=C(c2ccccc2)c2ccccc21. The number of likely N-dealkylation sites (N-methyl/N-ethyl adjacent to an activating group) is 1. The van der Waals surface area contributed by atoms with E-state index in [2.05, 4.69) is 15.6 Å². The summed E-state index contributed by atoms with van der Waals surface area (Å²) in [4.78, 5) is 31.8. The smallest absolute Gasteiger partial charge is 0.316 e. The lowest BCUT2D eigenvalue weighted by Gasteiger charge is -2.21. The Balaban J connectivity index is 1.55. The van der Waals surface area contributed by atoms with Gasteiger partial charge in [-0.3, -0.25) is 4.79 Å². The number of aliphatic imine (C=N–C) groups is 1. The number of amides is 3. The van der Waals surface area contributed by atoms with Crippen molar-refractivity contribution in [2.24, 2.45) is 4.99 Å². The van der Waals surface area contributed by atoms with Gasteiger partial charge in [0.1, 0.15) is 0 Å². The Labute approximate surface area is 181 Å². The number of urea groups is 1. The minimum Gasteiger partial charge on any atom is -0.338 e. The summed E-state index contributed by atoms with van der Waals surface area (Å²) in [7, 11) is 1.70. The fourth-order valence-corrected chi connectivity index (χ4v) is 3.58. The number of carbonyl (C=O) groups is 2. The van der Waals surface area contributed by atoms with Crippen molar-refractivity contribution in [2.45, 2.75) is 12.6 Å². The van der Waals surface area contributed by atoms with Crippen LogP contribution in [-0.4, -0.2) is 37.4 Å². The zero-order valence-corrected chi connectivity index (χ0v) is 17.3. The summed E-state index contributed by atoms with van der Waals surface area (Å²) in [6, 6.07) is 26.8. The third-order valence-electron chi connectivity index (χ3n) is 5.20. The summed E-state index contributed by atoms with van der Waals surface area (Å²) < 4.78 is 0. The summed E-state index contributed by atoms with van der Waals surface area (Å²) in [5, 5.41) is 5.55. The maximum absolute atomic E-state index is 13.1. The highest BCUT2D eigenvalue weighted by Gasteiger charge is 2.30. The van der Waals surface area contributed by atoms with E-state index in [0.29, 0.717) is 18.7 Å². The Hall–Kier alpha value is -3.93. The fraction of sp³-hybridized carbons (Fsp3) is 0.160. The molecule has 1 aliphatic heterocycles. The molecule has 0 bridgehead atoms. The summed E-state index contributed by atoms with van der Waals surface area (Å²) in [5.74, 6) is -0.295. The molecule has 3 aromatic carbocycles. The lowest BCUT2D eigenvalue weighted by Crippen LogP contribution is -2.49. The van der Waals surface area contributed by atoms with Crippen LogP contribution in [0.1, 0.15) is 16.7 Å². The van der Waals surface area contributed by atoms with E-state index >= 15 is 0 Å². The van der Waals surface area contributed by atoms with E-state index in [0.717, 1.165) is 22.4 Å². The molecule has 0 fully saturated rings. The Morgan fingerprint density at radius 3 is 2.32 bits per heavy atom. The van der Waals surface area contributed by atoms with Gasteiger partial charge >= 0.3 is 6.03 Å². The van der Waals surface area contributed by atoms with Crippen molar-refractivity contribution in [3.63, 3.8) is 0 Å². The van der Waals surface area contributed by atoms with Crippen LogP contribution >= 0.6 is 0 Å². The molecule has 1 heterocycles. The normalized spacial score (nSPS) is 15.5. The molecule has 3 aromatic rings. The molecule has 1 atom stereocenters. The molecule has 1 aliphatic rings. The highest BCUT2D eigenvalue weighted by atomic mass is 16.2. The molecule has 0 saturated heterocycles. The number of hydrogen-bond donors (Lipinski definition) is 2. The van der Waals surface area contributed by atoms with E-state index in [9.17, 15) is 9.59 Å². The number of nitrogens with one attached hydrogen (secondary N) is 2. The van der Waals surface area contributed by atoms with Gasteiger partial charge in [-0.15, -0.1) is 0 Å². The molecule has 0 saturated carbocycles. The van der Waals surface area contributed by atoms with E-state index in [-0.39, 0.29) is 5.91 Å². The van der Waals surface area contributed by atoms with Gasteiger partial charge in [-0.25, -0.2) is 9.79 Å². The second kappa shape index (κ2) is 9.26. The Morgan fingerprint density at radius 2 is 1.58 bits per heavy atom. The zero-order valence-electron chi connectivity index (χ0n) is 17.3. The maximum Gasteiger partial charge on any atom is 0.316 e. The standard InChI is InChI=1S/C25H24N4O2/c1-29-21-15-9-8-14-20(21)22(19-12-6-3-7-13-19)27-23(24(29)30)28-25(31)26-17-16-18-10-4-2-5-11-18/h2-15,23H,16-17H2,1H3,(H2,26,28,31)/t23-/m1/s1. The summed E-state index contributed by atoms with van der Waals surface area (Å²) >= 11 is 0. The van der Waals surface area contributed by atoms with Gasteiger partial charge in [0.05, 0.1) is 11.4 Å². The first-order valence-corrected chi connectivity index (χ1v) is 10.2. The molecule has 2 N–H and O–H groups in total. The maximum atomic E-state index is 13.1. The van der Waals surface area contributed by atoms with Crippen molar-refractivity contribution in [3.05, 3.63) is 102 Å². The van der Waals surface area contributed by atoms with E-state index in [4.69, 9.17) is 0 Å². The van der Waals surface area contributed by atoms with Crippen LogP contribution in [0.15, 0.2) is 89.9 Å². The van der Waals surface area contributed by atoms with Gasteiger partial charge in [-0.1, -0.05) is 78.9 Å².